The number of benzene rings is 1. The molecule has 1 fully saturated rings. The number of H-pyrrole nitrogens is 2. The summed E-state index contributed by atoms with van der Waals surface area (Å²) in [5.74, 6) is 0.581. The van der Waals surface area contributed by atoms with Gasteiger partial charge in [0.2, 0.25) is 5.91 Å². The average molecular weight is 563 g/mol. The largest absolute Gasteiger partial charge is 0.497 e. The van der Waals surface area contributed by atoms with Gasteiger partial charge in [-0.2, -0.15) is 5.10 Å². The summed E-state index contributed by atoms with van der Waals surface area (Å²) < 4.78 is 19.5. The Balaban J connectivity index is 1.23. The van der Waals surface area contributed by atoms with Gasteiger partial charge in [-0.1, -0.05) is 19.3 Å². The van der Waals surface area contributed by atoms with Gasteiger partial charge >= 0.3 is 0 Å². The van der Waals surface area contributed by atoms with Gasteiger partial charge in [-0.15, -0.1) is 0 Å². The molecule has 11 heteroatoms. The predicted molar refractivity (Wildman–Crippen MR) is 157 cm³/mol. The molecule has 0 aliphatic heterocycles. The summed E-state index contributed by atoms with van der Waals surface area (Å²) in [5, 5.41) is 11.3. The quantitative estimate of drug-likeness (QED) is 0.217. The van der Waals surface area contributed by atoms with Crippen LogP contribution in [-0.4, -0.2) is 48.1 Å². The van der Waals surface area contributed by atoms with Crippen molar-refractivity contribution in [2.75, 3.05) is 12.4 Å². The standard InChI is InChI=1S/C31H27FN8O2/c1-42-23-11-18(9-21(32)13-23)26-28-25(7-8-34-26)37-30(38-28)27-24-12-20(15-35-29(24)40-39-27)19-10-22(16-33-14-19)36-31(41)17-5-3-2-4-6-17/h7-17H,2-6H2,1H3,(H,36,41)(H,37,38)(H,35,39,40). The van der Waals surface area contributed by atoms with Crippen molar-refractivity contribution in [3.8, 4) is 39.7 Å². The number of rotatable bonds is 6. The average Bonchev–Trinajstić information content (AvgIpc) is 3.65. The lowest BCUT2D eigenvalue weighted by atomic mass is 9.88. The number of methoxy groups -OCH3 is 1. The summed E-state index contributed by atoms with van der Waals surface area (Å²) in [7, 11) is 1.49. The van der Waals surface area contributed by atoms with Crippen molar-refractivity contribution in [3.63, 3.8) is 0 Å². The maximum absolute atomic E-state index is 14.3. The summed E-state index contributed by atoms with van der Waals surface area (Å²) in [4.78, 5) is 34.3. The molecular formula is C31H27FN8O2. The molecule has 1 aliphatic rings. The molecule has 210 valence electrons. The van der Waals surface area contributed by atoms with Crippen LogP contribution in [0.4, 0.5) is 10.1 Å². The molecule has 42 heavy (non-hydrogen) atoms. The number of anilines is 1. The number of pyridine rings is 3. The molecule has 1 aliphatic carbocycles. The highest BCUT2D eigenvalue weighted by Gasteiger charge is 2.22. The van der Waals surface area contributed by atoms with Crippen LogP contribution in [0.25, 0.3) is 56.0 Å². The van der Waals surface area contributed by atoms with Crippen LogP contribution >= 0.6 is 0 Å². The zero-order chi connectivity index (χ0) is 28.6. The lowest BCUT2D eigenvalue weighted by Gasteiger charge is -2.20. The summed E-state index contributed by atoms with van der Waals surface area (Å²) in [5.41, 5.74) is 5.83. The number of ether oxygens (including phenoxy) is 1. The van der Waals surface area contributed by atoms with Gasteiger partial charge in [0, 0.05) is 47.3 Å². The van der Waals surface area contributed by atoms with Gasteiger partial charge < -0.3 is 15.0 Å². The molecule has 10 nitrogen and oxygen atoms in total. The van der Waals surface area contributed by atoms with Crippen LogP contribution in [0.5, 0.6) is 5.75 Å². The van der Waals surface area contributed by atoms with Crippen LogP contribution in [0.3, 0.4) is 0 Å². The minimum Gasteiger partial charge on any atom is -0.497 e. The van der Waals surface area contributed by atoms with Crippen LogP contribution in [0.15, 0.2) is 61.2 Å². The summed E-state index contributed by atoms with van der Waals surface area (Å²) in [6.07, 6.45) is 12.0. The van der Waals surface area contributed by atoms with Gasteiger partial charge in [0.25, 0.3) is 0 Å². The van der Waals surface area contributed by atoms with E-state index in [1.807, 2.05) is 18.2 Å². The molecule has 0 atom stereocenters. The zero-order valence-electron chi connectivity index (χ0n) is 22.8. The molecular weight excluding hydrogens is 535 g/mol. The van der Waals surface area contributed by atoms with Crippen molar-refractivity contribution in [2.24, 2.45) is 5.92 Å². The second-order valence-electron chi connectivity index (χ2n) is 10.5. The van der Waals surface area contributed by atoms with Crippen molar-refractivity contribution in [1.29, 1.82) is 0 Å². The van der Waals surface area contributed by atoms with Crippen LogP contribution in [0, 0.1) is 11.7 Å². The summed E-state index contributed by atoms with van der Waals surface area (Å²) in [6, 6.07) is 10.1. The SMILES string of the molecule is COc1cc(F)cc(-c2nccc3[nH]c(-c4n[nH]c5ncc(-c6cncc(NC(=O)C7CCCCC7)c6)cc45)nc23)c1. The molecule has 7 rings (SSSR count). The third-order valence-electron chi connectivity index (χ3n) is 7.74. The van der Waals surface area contributed by atoms with E-state index in [1.165, 1.54) is 25.7 Å². The molecule has 1 aromatic carbocycles. The molecule has 0 bridgehead atoms. The van der Waals surface area contributed by atoms with Crippen molar-refractivity contribution in [2.45, 2.75) is 32.1 Å². The Bertz CT molecular complexity index is 1940. The number of halogens is 1. The number of aromatic nitrogens is 7. The van der Waals surface area contributed by atoms with Crippen LogP contribution in [-0.2, 0) is 4.79 Å². The van der Waals surface area contributed by atoms with Gasteiger partial charge in [-0.05, 0) is 43.2 Å². The summed E-state index contributed by atoms with van der Waals surface area (Å²) >= 11 is 0. The monoisotopic (exact) mass is 562 g/mol. The van der Waals surface area contributed by atoms with Crippen LogP contribution < -0.4 is 10.1 Å². The van der Waals surface area contributed by atoms with Crippen LogP contribution in [0.1, 0.15) is 32.1 Å². The molecule has 5 heterocycles. The number of nitrogens with one attached hydrogen (secondary N) is 3. The van der Waals surface area contributed by atoms with E-state index in [2.05, 4.69) is 35.5 Å². The molecule has 3 N–H and O–H groups in total. The molecule has 0 radical (unpaired) electrons. The minimum absolute atomic E-state index is 0.0507. The second kappa shape index (κ2) is 10.7. The van der Waals surface area contributed by atoms with E-state index >= 15 is 0 Å². The topological polar surface area (TPSA) is 134 Å². The molecule has 5 aromatic heterocycles. The normalized spacial score (nSPS) is 14.0. The molecule has 1 saturated carbocycles. The Morgan fingerprint density at radius 1 is 0.976 bits per heavy atom. The van der Waals surface area contributed by atoms with Crippen LogP contribution in [0.2, 0.25) is 0 Å². The Morgan fingerprint density at radius 3 is 2.69 bits per heavy atom. The molecule has 6 aromatic rings. The van der Waals surface area contributed by atoms with E-state index in [0.717, 1.165) is 47.7 Å². The number of amides is 1. The highest BCUT2D eigenvalue weighted by molar-refractivity contribution is 5.97. The lowest BCUT2D eigenvalue weighted by molar-refractivity contribution is -0.120. The first kappa shape index (κ1) is 25.8. The van der Waals surface area contributed by atoms with Gasteiger partial charge in [-0.3, -0.25) is 19.9 Å². The zero-order valence-corrected chi connectivity index (χ0v) is 22.8. The van der Waals surface area contributed by atoms with E-state index < -0.39 is 5.82 Å². The fourth-order valence-electron chi connectivity index (χ4n) is 5.59. The fraction of sp³-hybridized carbons (Fsp3) is 0.226. The highest BCUT2D eigenvalue weighted by atomic mass is 19.1. The number of hydrogen-bond acceptors (Lipinski definition) is 7. The number of hydrogen-bond donors (Lipinski definition) is 3. The maximum Gasteiger partial charge on any atom is 0.227 e. The minimum atomic E-state index is -0.428. The first-order chi connectivity index (χ1) is 20.6. The van der Waals surface area contributed by atoms with Crippen molar-refractivity contribution >= 4 is 33.7 Å². The van der Waals surface area contributed by atoms with E-state index in [-0.39, 0.29) is 11.8 Å². The van der Waals surface area contributed by atoms with Gasteiger partial charge in [0.1, 0.15) is 22.8 Å². The number of carbonyl (C=O) groups is 1. The number of carbonyl (C=O) groups excluding carboxylic acids is 1. The third-order valence-corrected chi connectivity index (χ3v) is 7.74. The third kappa shape index (κ3) is 4.83. The Hall–Kier alpha value is -5.19. The highest BCUT2D eigenvalue weighted by Crippen LogP contribution is 2.33. The van der Waals surface area contributed by atoms with Crippen molar-refractivity contribution < 1.29 is 13.9 Å². The number of aromatic amines is 2. The maximum atomic E-state index is 14.3. The Kier molecular flexibility index (Phi) is 6.54. The number of imidazole rings is 1. The van der Waals surface area contributed by atoms with Crippen molar-refractivity contribution in [3.05, 3.63) is 67.0 Å². The van der Waals surface area contributed by atoms with Crippen molar-refractivity contribution in [1.82, 2.24) is 35.1 Å². The van der Waals surface area contributed by atoms with E-state index in [0.29, 0.717) is 45.4 Å². The number of nitrogens with zero attached hydrogens (tertiary/aromatic N) is 5. The fourth-order valence-corrected chi connectivity index (χ4v) is 5.59. The molecule has 1 amide bonds. The van der Waals surface area contributed by atoms with Gasteiger partial charge in [-0.25, -0.2) is 14.4 Å². The second-order valence-corrected chi connectivity index (χ2v) is 10.5. The summed E-state index contributed by atoms with van der Waals surface area (Å²) in [6.45, 7) is 0. The molecule has 0 unspecified atom stereocenters. The molecule has 0 saturated heterocycles. The van der Waals surface area contributed by atoms with Gasteiger partial charge in [0.15, 0.2) is 11.5 Å². The smallest absolute Gasteiger partial charge is 0.227 e. The van der Waals surface area contributed by atoms with E-state index in [9.17, 15) is 9.18 Å². The Morgan fingerprint density at radius 2 is 1.83 bits per heavy atom. The first-order valence-corrected chi connectivity index (χ1v) is 13.9. The molecule has 0 spiro atoms. The predicted octanol–water partition coefficient (Wildman–Crippen LogP) is 6.29. The first-order valence-electron chi connectivity index (χ1n) is 13.9. The number of fused-ring (bicyclic) bond motifs is 2. The lowest BCUT2D eigenvalue weighted by Crippen LogP contribution is -2.24. The Labute approximate surface area is 239 Å². The van der Waals surface area contributed by atoms with Gasteiger partial charge in [0.05, 0.1) is 35.6 Å². The van der Waals surface area contributed by atoms with E-state index in [1.54, 1.807) is 30.9 Å². The van der Waals surface area contributed by atoms with E-state index in [4.69, 9.17) is 9.72 Å².